The maximum atomic E-state index is 12.0. The summed E-state index contributed by atoms with van der Waals surface area (Å²) in [4.78, 5) is 0. The number of hydrogen-bond acceptors (Lipinski definition) is 2. The van der Waals surface area contributed by atoms with Gasteiger partial charge in [0.2, 0.25) is 0 Å². The van der Waals surface area contributed by atoms with E-state index in [0.717, 1.165) is 0 Å². The van der Waals surface area contributed by atoms with Crippen LogP contribution in [0, 0.1) is 5.92 Å². The maximum absolute atomic E-state index is 12.0. The number of ether oxygens (including phenoxy) is 1. The van der Waals surface area contributed by atoms with Crippen molar-refractivity contribution >= 4 is 0 Å². The van der Waals surface area contributed by atoms with Gasteiger partial charge in [-0.15, -0.1) is 0 Å². The molecule has 5 heteroatoms. The Bertz CT molecular complexity index is 183. The zero-order chi connectivity index (χ0) is 12.8. The first-order valence-corrected chi connectivity index (χ1v) is 5.61. The van der Waals surface area contributed by atoms with Gasteiger partial charge in [0.05, 0.1) is 13.0 Å². The molecule has 0 spiro atoms. The van der Waals surface area contributed by atoms with Crippen molar-refractivity contribution in [2.24, 2.45) is 5.92 Å². The SMILES string of the molecule is CC(C)COCC(C)NC(C)CC(F)(F)F. The molecule has 2 atom stereocenters. The fraction of sp³-hybridized carbons (Fsp3) is 1.00. The van der Waals surface area contributed by atoms with Crippen LogP contribution in [-0.2, 0) is 4.74 Å². The van der Waals surface area contributed by atoms with E-state index in [2.05, 4.69) is 5.32 Å². The summed E-state index contributed by atoms with van der Waals surface area (Å²) in [6.07, 6.45) is -4.91. The number of rotatable bonds is 7. The van der Waals surface area contributed by atoms with Crippen LogP contribution < -0.4 is 5.32 Å². The Kier molecular flexibility index (Phi) is 6.99. The number of halogens is 3. The van der Waals surface area contributed by atoms with Crippen LogP contribution in [0.4, 0.5) is 13.2 Å². The van der Waals surface area contributed by atoms with Crippen molar-refractivity contribution < 1.29 is 17.9 Å². The highest BCUT2D eigenvalue weighted by Gasteiger charge is 2.30. The van der Waals surface area contributed by atoms with Crippen LogP contribution in [0.2, 0.25) is 0 Å². The normalized spacial score (nSPS) is 16.5. The molecule has 0 saturated carbocycles. The molecule has 0 rings (SSSR count). The third-order valence-electron chi connectivity index (χ3n) is 1.93. The Morgan fingerprint density at radius 3 is 2.00 bits per heavy atom. The van der Waals surface area contributed by atoms with Gasteiger partial charge in [-0.05, 0) is 19.8 Å². The molecule has 2 unspecified atom stereocenters. The van der Waals surface area contributed by atoms with Crippen LogP contribution in [0.25, 0.3) is 0 Å². The van der Waals surface area contributed by atoms with Crippen molar-refractivity contribution in [2.45, 2.75) is 52.4 Å². The van der Waals surface area contributed by atoms with Gasteiger partial charge in [-0.3, -0.25) is 0 Å². The van der Waals surface area contributed by atoms with Gasteiger partial charge in [-0.25, -0.2) is 0 Å². The molecule has 0 heterocycles. The zero-order valence-electron chi connectivity index (χ0n) is 10.4. The Morgan fingerprint density at radius 2 is 1.56 bits per heavy atom. The molecule has 0 aromatic carbocycles. The second kappa shape index (κ2) is 7.12. The van der Waals surface area contributed by atoms with Crippen molar-refractivity contribution in [1.29, 1.82) is 0 Å². The van der Waals surface area contributed by atoms with E-state index < -0.39 is 18.6 Å². The summed E-state index contributed by atoms with van der Waals surface area (Å²) < 4.78 is 41.5. The number of alkyl halides is 3. The van der Waals surface area contributed by atoms with Gasteiger partial charge in [0, 0.05) is 18.7 Å². The Hall–Kier alpha value is -0.290. The van der Waals surface area contributed by atoms with Gasteiger partial charge in [0.25, 0.3) is 0 Å². The van der Waals surface area contributed by atoms with E-state index in [4.69, 9.17) is 4.74 Å². The molecule has 16 heavy (non-hydrogen) atoms. The second-order valence-corrected chi connectivity index (χ2v) is 4.72. The topological polar surface area (TPSA) is 21.3 Å². The summed E-state index contributed by atoms with van der Waals surface area (Å²) in [7, 11) is 0. The summed E-state index contributed by atoms with van der Waals surface area (Å²) in [5.41, 5.74) is 0. The summed E-state index contributed by atoms with van der Waals surface area (Å²) in [5, 5.41) is 2.87. The molecule has 0 aliphatic heterocycles. The van der Waals surface area contributed by atoms with Crippen LogP contribution >= 0.6 is 0 Å². The maximum Gasteiger partial charge on any atom is 0.390 e. The highest BCUT2D eigenvalue weighted by atomic mass is 19.4. The molecular weight excluding hydrogens is 219 g/mol. The van der Waals surface area contributed by atoms with E-state index in [1.807, 2.05) is 20.8 Å². The van der Waals surface area contributed by atoms with Crippen molar-refractivity contribution in [3.63, 3.8) is 0 Å². The monoisotopic (exact) mass is 241 g/mol. The lowest BCUT2D eigenvalue weighted by molar-refractivity contribution is -0.139. The largest absolute Gasteiger partial charge is 0.390 e. The molecule has 0 aromatic rings. The van der Waals surface area contributed by atoms with Gasteiger partial charge in [-0.1, -0.05) is 13.8 Å². The molecule has 0 amide bonds. The summed E-state index contributed by atoms with van der Waals surface area (Å²) in [5.74, 6) is 0.444. The molecular formula is C11H22F3NO. The molecule has 0 aliphatic carbocycles. The van der Waals surface area contributed by atoms with E-state index in [1.165, 1.54) is 6.92 Å². The van der Waals surface area contributed by atoms with E-state index in [0.29, 0.717) is 19.1 Å². The van der Waals surface area contributed by atoms with Gasteiger partial charge in [0.15, 0.2) is 0 Å². The minimum Gasteiger partial charge on any atom is -0.380 e. The predicted molar refractivity (Wildman–Crippen MR) is 58.4 cm³/mol. The standard InChI is InChI=1S/C11H22F3NO/c1-8(2)6-16-7-10(4)15-9(3)5-11(12,13)14/h8-10,15H,5-7H2,1-4H3. The zero-order valence-corrected chi connectivity index (χ0v) is 10.4. The molecule has 0 saturated heterocycles. The third-order valence-corrected chi connectivity index (χ3v) is 1.93. The molecule has 0 aliphatic rings. The first-order chi connectivity index (χ1) is 7.20. The fourth-order valence-corrected chi connectivity index (χ4v) is 1.42. The third kappa shape index (κ3) is 10.2. The number of nitrogens with one attached hydrogen (secondary N) is 1. The van der Waals surface area contributed by atoms with Crippen molar-refractivity contribution in [3.05, 3.63) is 0 Å². The second-order valence-electron chi connectivity index (χ2n) is 4.72. The lowest BCUT2D eigenvalue weighted by Gasteiger charge is -2.21. The van der Waals surface area contributed by atoms with Crippen LogP contribution in [-0.4, -0.2) is 31.5 Å². The Balaban J connectivity index is 3.66. The van der Waals surface area contributed by atoms with Crippen molar-refractivity contribution in [1.82, 2.24) is 5.32 Å². The molecule has 0 bridgehead atoms. The highest BCUT2D eigenvalue weighted by Crippen LogP contribution is 2.21. The van der Waals surface area contributed by atoms with E-state index in [1.54, 1.807) is 0 Å². The lowest BCUT2D eigenvalue weighted by atomic mass is 10.2. The van der Waals surface area contributed by atoms with E-state index in [9.17, 15) is 13.2 Å². The van der Waals surface area contributed by atoms with Crippen molar-refractivity contribution in [3.8, 4) is 0 Å². The molecule has 2 nitrogen and oxygen atoms in total. The van der Waals surface area contributed by atoms with Gasteiger partial charge in [0.1, 0.15) is 0 Å². The van der Waals surface area contributed by atoms with E-state index in [-0.39, 0.29) is 6.04 Å². The summed E-state index contributed by atoms with van der Waals surface area (Å²) in [6, 6.07) is -0.631. The van der Waals surface area contributed by atoms with Crippen LogP contribution in [0.1, 0.15) is 34.1 Å². The smallest absolute Gasteiger partial charge is 0.380 e. The van der Waals surface area contributed by atoms with E-state index >= 15 is 0 Å². The lowest BCUT2D eigenvalue weighted by Crippen LogP contribution is -2.40. The summed E-state index contributed by atoms with van der Waals surface area (Å²) in [6.45, 7) is 8.51. The fourth-order valence-electron chi connectivity index (χ4n) is 1.42. The highest BCUT2D eigenvalue weighted by molar-refractivity contribution is 4.70. The minimum absolute atomic E-state index is 0.0592. The van der Waals surface area contributed by atoms with Crippen LogP contribution in [0.5, 0.6) is 0 Å². The minimum atomic E-state index is -4.11. The average molecular weight is 241 g/mol. The van der Waals surface area contributed by atoms with Crippen molar-refractivity contribution in [2.75, 3.05) is 13.2 Å². The Labute approximate surface area is 95.5 Å². The average Bonchev–Trinajstić information content (AvgIpc) is 1.98. The molecule has 98 valence electrons. The first kappa shape index (κ1) is 15.7. The molecule has 0 aromatic heterocycles. The quantitative estimate of drug-likeness (QED) is 0.740. The van der Waals surface area contributed by atoms with Gasteiger partial charge < -0.3 is 10.1 Å². The molecule has 1 N–H and O–H groups in total. The van der Waals surface area contributed by atoms with Crippen LogP contribution in [0.15, 0.2) is 0 Å². The Morgan fingerprint density at radius 1 is 1.00 bits per heavy atom. The molecule has 0 radical (unpaired) electrons. The van der Waals surface area contributed by atoms with Gasteiger partial charge in [-0.2, -0.15) is 13.2 Å². The molecule has 0 fully saturated rings. The first-order valence-electron chi connectivity index (χ1n) is 5.61. The predicted octanol–water partition coefficient (Wildman–Crippen LogP) is 2.98. The van der Waals surface area contributed by atoms with Gasteiger partial charge >= 0.3 is 6.18 Å². The summed E-state index contributed by atoms with van der Waals surface area (Å²) >= 11 is 0. The van der Waals surface area contributed by atoms with Crippen LogP contribution in [0.3, 0.4) is 0 Å². The number of hydrogen-bond donors (Lipinski definition) is 1.